The molecular formula is C17H17F4N3OS. The zero-order chi connectivity index (χ0) is 19.3. The number of aromatic nitrogens is 2. The van der Waals surface area contributed by atoms with Crippen molar-refractivity contribution < 1.29 is 21.8 Å². The van der Waals surface area contributed by atoms with E-state index in [4.69, 9.17) is 0 Å². The molecule has 0 N–H and O–H groups in total. The summed E-state index contributed by atoms with van der Waals surface area (Å²) in [6, 6.07) is 2.15. The van der Waals surface area contributed by atoms with Crippen molar-refractivity contribution in [3.63, 3.8) is 0 Å². The van der Waals surface area contributed by atoms with Crippen LogP contribution in [0.25, 0.3) is 0 Å². The van der Waals surface area contributed by atoms with Crippen LogP contribution < -0.4 is 0 Å². The number of benzene rings is 1. The van der Waals surface area contributed by atoms with Gasteiger partial charge in [-0.25, -0.2) is 9.38 Å². The molecule has 0 fully saturated rings. The number of nitrogens with zero attached hydrogens (tertiary/aromatic N) is 3. The maximum atomic E-state index is 14.3. The minimum absolute atomic E-state index is 0.0857. The molecule has 26 heavy (non-hydrogen) atoms. The standard InChI is InChI=1S/C17H17F4N3OS/c1-3-4-13(15-9-22-5-6-23-15)24-14-8-16(11(2)7-12(14)18)26(25)10-17(19,20)21/h5-9H,3-4,10H2,1-2H3. The van der Waals surface area contributed by atoms with Crippen LogP contribution in [0.2, 0.25) is 0 Å². The summed E-state index contributed by atoms with van der Waals surface area (Å²) in [5.41, 5.74) is 0.916. The van der Waals surface area contributed by atoms with Gasteiger partial charge < -0.3 is 0 Å². The first kappa shape index (κ1) is 20.2. The van der Waals surface area contributed by atoms with Crippen LogP contribution in [0.1, 0.15) is 31.0 Å². The Morgan fingerprint density at radius 1 is 1.27 bits per heavy atom. The SMILES string of the molecule is CCCC(=Nc1cc(S(=O)CC(F)(F)F)c(C)cc1F)c1cnccn1. The highest BCUT2D eigenvalue weighted by Crippen LogP contribution is 2.28. The van der Waals surface area contributed by atoms with E-state index < -0.39 is 28.5 Å². The molecule has 0 spiro atoms. The Kier molecular flexibility index (Phi) is 6.57. The number of hydrogen-bond donors (Lipinski definition) is 0. The van der Waals surface area contributed by atoms with Gasteiger partial charge in [0.2, 0.25) is 0 Å². The lowest BCUT2D eigenvalue weighted by Gasteiger charge is -2.11. The molecule has 2 rings (SSSR count). The zero-order valence-corrected chi connectivity index (χ0v) is 15.0. The van der Waals surface area contributed by atoms with E-state index in [1.54, 1.807) is 0 Å². The van der Waals surface area contributed by atoms with E-state index in [9.17, 15) is 21.8 Å². The van der Waals surface area contributed by atoms with Crippen LogP contribution in [-0.2, 0) is 10.8 Å². The number of alkyl halides is 3. The highest BCUT2D eigenvalue weighted by molar-refractivity contribution is 7.85. The van der Waals surface area contributed by atoms with Crippen molar-refractivity contribution in [1.82, 2.24) is 9.97 Å². The fourth-order valence-electron chi connectivity index (χ4n) is 2.27. The maximum Gasteiger partial charge on any atom is 0.400 e. The lowest BCUT2D eigenvalue weighted by molar-refractivity contribution is -0.105. The van der Waals surface area contributed by atoms with E-state index in [-0.39, 0.29) is 16.1 Å². The number of rotatable bonds is 6. The average molecular weight is 387 g/mol. The van der Waals surface area contributed by atoms with E-state index in [0.29, 0.717) is 24.2 Å². The number of hydrogen-bond acceptors (Lipinski definition) is 4. The summed E-state index contributed by atoms with van der Waals surface area (Å²) < 4.78 is 63.9. The molecule has 0 aliphatic carbocycles. The summed E-state index contributed by atoms with van der Waals surface area (Å²) in [7, 11) is -2.33. The van der Waals surface area contributed by atoms with Crippen molar-refractivity contribution >= 4 is 22.2 Å². The molecule has 140 valence electrons. The molecule has 0 bridgehead atoms. The molecule has 0 radical (unpaired) electrons. The van der Waals surface area contributed by atoms with Crippen molar-refractivity contribution in [3.8, 4) is 0 Å². The maximum absolute atomic E-state index is 14.3. The first-order chi connectivity index (χ1) is 12.2. The van der Waals surface area contributed by atoms with Gasteiger partial charge in [0.1, 0.15) is 23.0 Å². The van der Waals surface area contributed by atoms with Gasteiger partial charge in [-0.2, -0.15) is 13.2 Å². The number of aryl methyl sites for hydroxylation is 1. The minimum Gasteiger partial charge on any atom is -0.261 e. The summed E-state index contributed by atoms with van der Waals surface area (Å²) in [5, 5.41) is 0. The van der Waals surface area contributed by atoms with E-state index in [2.05, 4.69) is 15.0 Å². The third-order valence-corrected chi connectivity index (χ3v) is 4.91. The molecule has 0 amide bonds. The van der Waals surface area contributed by atoms with Crippen LogP contribution in [0.4, 0.5) is 23.2 Å². The lowest BCUT2D eigenvalue weighted by Crippen LogP contribution is -2.19. The van der Waals surface area contributed by atoms with Crippen molar-refractivity contribution in [2.45, 2.75) is 37.8 Å². The van der Waals surface area contributed by atoms with E-state index in [1.165, 1.54) is 25.5 Å². The minimum atomic E-state index is -4.58. The molecule has 9 heteroatoms. The molecule has 1 heterocycles. The Labute approximate surface area is 150 Å². The Balaban J connectivity index is 2.48. The van der Waals surface area contributed by atoms with Gasteiger partial charge in [-0.3, -0.25) is 14.2 Å². The third-order valence-electron chi connectivity index (χ3n) is 3.39. The van der Waals surface area contributed by atoms with Gasteiger partial charge in [-0.1, -0.05) is 13.3 Å². The van der Waals surface area contributed by atoms with Gasteiger partial charge in [-0.15, -0.1) is 0 Å². The summed E-state index contributed by atoms with van der Waals surface area (Å²) in [6.07, 6.45) is 1.03. The number of aliphatic imine (C=N–C) groups is 1. The second-order valence-corrected chi connectivity index (χ2v) is 6.99. The fraction of sp³-hybridized carbons (Fsp3) is 0.353. The third kappa shape index (κ3) is 5.42. The van der Waals surface area contributed by atoms with Crippen molar-refractivity contribution in [3.05, 3.63) is 47.8 Å². The van der Waals surface area contributed by atoms with Crippen molar-refractivity contribution in [2.75, 3.05) is 5.75 Å². The van der Waals surface area contributed by atoms with Gasteiger partial charge in [0.15, 0.2) is 0 Å². The van der Waals surface area contributed by atoms with E-state index in [0.717, 1.165) is 12.1 Å². The van der Waals surface area contributed by atoms with Gasteiger partial charge in [0.25, 0.3) is 0 Å². The predicted octanol–water partition coefficient (Wildman–Crippen LogP) is 4.51. The molecule has 0 aliphatic rings. The van der Waals surface area contributed by atoms with Gasteiger partial charge in [0.05, 0.1) is 22.7 Å². The Morgan fingerprint density at radius 3 is 2.58 bits per heavy atom. The molecule has 0 aliphatic heterocycles. The molecule has 4 nitrogen and oxygen atoms in total. The fourth-order valence-corrected chi connectivity index (χ4v) is 3.38. The van der Waals surface area contributed by atoms with Gasteiger partial charge >= 0.3 is 6.18 Å². The van der Waals surface area contributed by atoms with E-state index in [1.807, 2.05) is 6.92 Å². The Hall–Kier alpha value is -2.16. The van der Waals surface area contributed by atoms with Crippen LogP contribution in [-0.4, -0.2) is 31.8 Å². The monoisotopic (exact) mass is 387 g/mol. The number of halogens is 4. The van der Waals surface area contributed by atoms with Crippen LogP contribution in [0.3, 0.4) is 0 Å². The Morgan fingerprint density at radius 2 is 2.00 bits per heavy atom. The smallest absolute Gasteiger partial charge is 0.261 e. The van der Waals surface area contributed by atoms with Crippen LogP contribution in [0, 0.1) is 12.7 Å². The second-order valence-electron chi connectivity index (χ2n) is 5.57. The molecule has 1 unspecified atom stereocenters. The Bertz CT molecular complexity index is 823. The zero-order valence-electron chi connectivity index (χ0n) is 14.2. The van der Waals surface area contributed by atoms with Gasteiger partial charge in [-0.05, 0) is 31.0 Å². The van der Waals surface area contributed by atoms with Crippen LogP contribution in [0.15, 0.2) is 40.6 Å². The summed E-state index contributed by atoms with van der Waals surface area (Å²) >= 11 is 0. The van der Waals surface area contributed by atoms with E-state index >= 15 is 0 Å². The highest BCUT2D eigenvalue weighted by Gasteiger charge is 2.31. The molecule has 1 aromatic carbocycles. The highest BCUT2D eigenvalue weighted by atomic mass is 32.2. The predicted molar refractivity (Wildman–Crippen MR) is 91.6 cm³/mol. The summed E-state index contributed by atoms with van der Waals surface area (Å²) in [4.78, 5) is 12.2. The first-order valence-corrected chi connectivity index (χ1v) is 9.12. The van der Waals surface area contributed by atoms with Gasteiger partial charge in [0, 0.05) is 17.3 Å². The molecule has 1 aromatic heterocycles. The summed E-state index contributed by atoms with van der Waals surface area (Å²) in [6.45, 7) is 3.32. The topological polar surface area (TPSA) is 55.2 Å². The van der Waals surface area contributed by atoms with Crippen molar-refractivity contribution in [1.29, 1.82) is 0 Å². The largest absolute Gasteiger partial charge is 0.400 e. The molecule has 1 atom stereocenters. The van der Waals surface area contributed by atoms with Crippen LogP contribution >= 0.6 is 0 Å². The van der Waals surface area contributed by atoms with Crippen molar-refractivity contribution in [2.24, 2.45) is 4.99 Å². The molecule has 0 saturated carbocycles. The molecular weight excluding hydrogens is 370 g/mol. The second kappa shape index (κ2) is 8.48. The van der Waals surface area contributed by atoms with Crippen LogP contribution in [0.5, 0.6) is 0 Å². The normalized spacial score (nSPS) is 13.7. The lowest BCUT2D eigenvalue weighted by atomic mass is 10.1. The average Bonchev–Trinajstić information content (AvgIpc) is 2.55. The molecule has 0 saturated heterocycles. The first-order valence-electron chi connectivity index (χ1n) is 7.80. The molecule has 2 aromatic rings. The summed E-state index contributed by atoms with van der Waals surface area (Å²) in [5.74, 6) is -2.19. The quantitative estimate of drug-likeness (QED) is 0.541.